The van der Waals surface area contributed by atoms with Gasteiger partial charge in [-0.2, -0.15) is 4.31 Å². The molecule has 8 heteroatoms. The van der Waals surface area contributed by atoms with Gasteiger partial charge >= 0.3 is 0 Å². The van der Waals surface area contributed by atoms with Gasteiger partial charge in [-0.15, -0.1) is 11.3 Å². The lowest BCUT2D eigenvalue weighted by atomic mass is 10.0. The van der Waals surface area contributed by atoms with Crippen molar-refractivity contribution in [2.24, 2.45) is 0 Å². The number of hydrogen-bond donors (Lipinski definition) is 1. The van der Waals surface area contributed by atoms with E-state index in [1.165, 1.54) is 16.4 Å². The number of amides is 1. The lowest BCUT2D eigenvalue weighted by molar-refractivity contribution is -0.122. The minimum atomic E-state index is -3.74. The average molecular weight is 397 g/mol. The highest BCUT2D eigenvalue weighted by Crippen LogP contribution is 2.27. The van der Waals surface area contributed by atoms with Crippen molar-refractivity contribution in [3.8, 4) is 0 Å². The molecule has 140 valence electrons. The van der Waals surface area contributed by atoms with E-state index in [0.717, 1.165) is 29.9 Å². The maximum Gasteiger partial charge on any atom is 0.243 e. The number of nitrogens with one attached hydrogen (secondary N) is 1. The van der Waals surface area contributed by atoms with Crippen molar-refractivity contribution in [3.63, 3.8) is 0 Å². The number of nitrogens with zero attached hydrogens (tertiary/aromatic N) is 1. The summed E-state index contributed by atoms with van der Waals surface area (Å²) in [5, 5.41) is 4.80. The third-order valence-corrected chi connectivity index (χ3v) is 7.30. The Morgan fingerprint density at radius 2 is 2.00 bits per heavy atom. The maximum absolute atomic E-state index is 13.1. The predicted octanol–water partition coefficient (Wildman–Crippen LogP) is 3.14. The number of halogens is 1. The van der Waals surface area contributed by atoms with E-state index in [4.69, 9.17) is 0 Å². The summed E-state index contributed by atoms with van der Waals surface area (Å²) in [5.41, 5.74) is 0. The van der Waals surface area contributed by atoms with E-state index in [2.05, 4.69) is 5.32 Å². The van der Waals surface area contributed by atoms with Crippen LogP contribution in [0.2, 0.25) is 0 Å². The second-order valence-corrected chi connectivity index (χ2v) is 9.20. The van der Waals surface area contributed by atoms with Crippen molar-refractivity contribution in [2.75, 3.05) is 6.54 Å². The lowest BCUT2D eigenvalue weighted by Crippen LogP contribution is -2.45. The highest BCUT2D eigenvalue weighted by Gasteiger charge is 2.34. The Balaban J connectivity index is 1.68. The van der Waals surface area contributed by atoms with E-state index >= 15 is 0 Å². The molecular formula is C18H21FN2O3S2. The fourth-order valence-electron chi connectivity index (χ4n) is 3.12. The zero-order valence-electron chi connectivity index (χ0n) is 14.2. The van der Waals surface area contributed by atoms with Crippen molar-refractivity contribution >= 4 is 27.3 Å². The summed E-state index contributed by atoms with van der Waals surface area (Å²) in [6.07, 6.45) is 2.42. The van der Waals surface area contributed by atoms with E-state index in [1.807, 2.05) is 17.5 Å². The first-order valence-electron chi connectivity index (χ1n) is 8.53. The summed E-state index contributed by atoms with van der Waals surface area (Å²) in [5.74, 6) is -0.642. The molecule has 1 saturated heterocycles. The number of sulfonamides is 1. The molecule has 0 aliphatic carbocycles. The van der Waals surface area contributed by atoms with Gasteiger partial charge in [0.1, 0.15) is 5.82 Å². The third kappa shape index (κ3) is 4.49. The largest absolute Gasteiger partial charge is 0.351 e. The van der Waals surface area contributed by atoms with Crippen molar-refractivity contribution < 1.29 is 17.6 Å². The Hall–Kier alpha value is -1.77. The molecule has 5 nitrogen and oxygen atoms in total. The van der Waals surface area contributed by atoms with Crippen LogP contribution < -0.4 is 5.32 Å². The Morgan fingerprint density at radius 3 is 2.69 bits per heavy atom. The minimum Gasteiger partial charge on any atom is -0.351 e. The molecule has 1 aliphatic rings. The number of rotatable bonds is 6. The van der Waals surface area contributed by atoms with Crippen LogP contribution in [0.1, 0.15) is 30.6 Å². The molecule has 1 aromatic carbocycles. The molecule has 2 aromatic rings. The quantitative estimate of drug-likeness (QED) is 0.816. The molecule has 0 saturated carbocycles. The number of thiophene rings is 1. The molecule has 3 rings (SSSR count). The Bertz CT molecular complexity index is 836. The van der Waals surface area contributed by atoms with Gasteiger partial charge in [0, 0.05) is 23.9 Å². The predicted molar refractivity (Wildman–Crippen MR) is 98.7 cm³/mol. The first-order chi connectivity index (χ1) is 12.5. The molecule has 0 bridgehead atoms. The van der Waals surface area contributed by atoms with Crippen molar-refractivity contribution in [3.05, 3.63) is 52.5 Å². The number of benzene rings is 1. The Morgan fingerprint density at radius 1 is 1.23 bits per heavy atom. The Labute approximate surface area is 156 Å². The fourth-order valence-corrected chi connectivity index (χ4v) is 5.46. The number of piperidine rings is 1. The summed E-state index contributed by atoms with van der Waals surface area (Å²) in [4.78, 5) is 13.4. The van der Waals surface area contributed by atoms with Gasteiger partial charge in [0.2, 0.25) is 15.9 Å². The van der Waals surface area contributed by atoms with Crippen LogP contribution in [0, 0.1) is 5.82 Å². The zero-order valence-corrected chi connectivity index (χ0v) is 15.9. The molecule has 1 atom stereocenters. The van der Waals surface area contributed by atoms with Gasteiger partial charge in [0.25, 0.3) is 0 Å². The Kier molecular flexibility index (Phi) is 6.05. The van der Waals surface area contributed by atoms with E-state index in [1.54, 1.807) is 11.3 Å². The van der Waals surface area contributed by atoms with Gasteiger partial charge in [-0.05, 0) is 48.6 Å². The monoisotopic (exact) mass is 396 g/mol. The molecule has 1 amide bonds. The maximum atomic E-state index is 13.1. The van der Waals surface area contributed by atoms with Crippen LogP contribution in [-0.2, 0) is 21.4 Å². The fraction of sp³-hybridized carbons (Fsp3) is 0.389. The van der Waals surface area contributed by atoms with Crippen LogP contribution >= 0.6 is 11.3 Å². The summed E-state index contributed by atoms with van der Waals surface area (Å²) in [6.45, 7) is 0.830. The zero-order chi connectivity index (χ0) is 18.6. The number of carbonyl (C=O) groups is 1. The van der Waals surface area contributed by atoms with E-state index in [9.17, 15) is 17.6 Å². The van der Waals surface area contributed by atoms with Gasteiger partial charge in [0.05, 0.1) is 11.4 Å². The minimum absolute atomic E-state index is 0.0600. The molecule has 26 heavy (non-hydrogen) atoms. The van der Waals surface area contributed by atoms with Gasteiger partial charge in [-0.3, -0.25) is 4.79 Å². The topological polar surface area (TPSA) is 66.5 Å². The van der Waals surface area contributed by atoms with Crippen LogP contribution in [0.5, 0.6) is 0 Å². The summed E-state index contributed by atoms with van der Waals surface area (Å²) in [7, 11) is -3.74. The van der Waals surface area contributed by atoms with E-state index < -0.39 is 15.8 Å². The van der Waals surface area contributed by atoms with Gasteiger partial charge < -0.3 is 5.32 Å². The standard InChI is InChI=1S/C18H21FN2O3S2/c19-14-6-8-17(9-7-14)26(23,24)21-10-2-1-4-15(21)12-18(22)20-13-16-5-3-11-25-16/h3,5-9,11,15H,1-2,4,10,12-13H2,(H,20,22)/t15-/m0/s1. The molecule has 0 radical (unpaired) electrons. The number of hydrogen-bond acceptors (Lipinski definition) is 4. The van der Waals surface area contributed by atoms with Crippen molar-refractivity contribution in [1.82, 2.24) is 9.62 Å². The summed E-state index contributed by atoms with van der Waals surface area (Å²) < 4.78 is 40.3. The van der Waals surface area contributed by atoms with E-state index in [-0.39, 0.29) is 23.3 Å². The molecule has 0 unspecified atom stereocenters. The highest BCUT2D eigenvalue weighted by atomic mass is 32.2. The second-order valence-electron chi connectivity index (χ2n) is 6.28. The molecule has 0 spiro atoms. The van der Waals surface area contributed by atoms with Gasteiger partial charge in [-0.1, -0.05) is 12.5 Å². The van der Waals surface area contributed by atoms with Crippen molar-refractivity contribution in [2.45, 2.75) is 43.2 Å². The highest BCUT2D eigenvalue weighted by molar-refractivity contribution is 7.89. The summed E-state index contributed by atoms with van der Waals surface area (Å²) >= 11 is 1.56. The van der Waals surface area contributed by atoms with Crippen molar-refractivity contribution in [1.29, 1.82) is 0 Å². The molecule has 1 aromatic heterocycles. The SMILES string of the molecule is O=C(C[C@@H]1CCCCN1S(=O)(=O)c1ccc(F)cc1)NCc1cccs1. The molecule has 1 N–H and O–H groups in total. The van der Waals surface area contributed by atoms with Crippen LogP contribution in [-0.4, -0.2) is 31.2 Å². The average Bonchev–Trinajstić information content (AvgIpc) is 3.14. The smallest absolute Gasteiger partial charge is 0.243 e. The third-order valence-electron chi connectivity index (χ3n) is 4.45. The van der Waals surface area contributed by atoms with Crippen LogP contribution in [0.4, 0.5) is 4.39 Å². The van der Waals surface area contributed by atoms with Gasteiger partial charge in [-0.25, -0.2) is 12.8 Å². The second kappa shape index (κ2) is 8.28. The van der Waals surface area contributed by atoms with E-state index in [0.29, 0.717) is 19.5 Å². The summed E-state index contributed by atoms with van der Waals surface area (Å²) in [6, 6.07) is 8.31. The number of carbonyl (C=O) groups excluding carboxylic acids is 1. The molecule has 2 heterocycles. The van der Waals surface area contributed by atoms with Crippen LogP contribution in [0.15, 0.2) is 46.7 Å². The molecular weight excluding hydrogens is 375 g/mol. The van der Waals surface area contributed by atoms with Gasteiger partial charge in [0.15, 0.2) is 0 Å². The first-order valence-corrected chi connectivity index (χ1v) is 10.9. The van der Waals surface area contributed by atoms with Crippen LogP contribution in [0.25, 0.3) is 0 Å². The normalized spacial score (nSPS) is 18.6. The first kappa shape index (κ1) is 19.0. The molecule has 1 fully saturated rings. The van der Waals surface area contributed by atoms with Crippen LogP contribution in [0.3, 0.4) is 0 Å². The lowest BCUT2D eigenvalue weighted by Gasteiger charge is -2.34. The molecule has 1 aliphatic heterocycles.